The van der Waals surface area contributed by atoms with Gasteiger partial charge >= 0.3 is 5.97 Å². The third-order valence-electron chi connectivity index (χ3n) is 5.47. The number of anilines is 1. The molecule has 156 valence electrons. The molecule has 2 aliphatic rings. The molecule has 0 aromatic heterocycles. The highest BCUT2D eigenvalue weighted by Crippen LogP contribution is 2.38. The first-order valence-electron chi connectivity index (χ1n) is 9.86. The second-order valence-electron chi connectivity index (χ2n) is 7.49. The second-order valence-corrected chi connectivity index (χ2v) is 7.49. The summed E-state index contributed by atoms with van der Waals surface area (Å²) in [6, 6.07) is 5.34. The van der Waals surface area contributed by atoms with E-state index in [9.17, 15) is 19.2 Å². The molecule has 1 saturated heterocycles. The minimum Gasteiger partial charge on any atom is -0.495 e. The predicted octanol–water partition coefficient (Wildman–Crippen LogP) is 2.05. The molecular weight excluding hydrogens is 376 g/mol. The SMILES string of the molecule is COc1ccc(C)cc1NC(=O)COC(=O)CCN1C(=O)[C@@H]2CCCC[C@H]2C1=O. The van der Waals surface area contributed by atoms with Gasteiger partial charge in [0.1, 0.15) is 5.75 Å². The van der Waals surface area contributed by atoms with Crippen LogP contribution in [-0.4, -0.2) is 48.9 Å². The van der Waals surface area contributed by atoms with Crippen LogP contribution in [0.4, 0.5) is 5.69 Å². The highest BCUT2D eigenvalue weighted by molar-refractivity contribution is 6.05. The van der Waals surface area contributed by atoms with Crippen LogP contribution >= 0.6 is 0 Å². The van der Waals surface area contributed by atoms with Gasteiger partial charge in [0.25, 0.3) is 5.91 Å². The van der Waals surface area contributed by atoms with Gasteiger partial charge in [-0.1, -0.05) is 18.9 Å². The number of methoxy groups -OCH3 is 1. The van der Waals surface area contributed by atoms with Crippen LogP contribution in [0.5, 0.6) is 5.75 Å². The van der Waals surface area contributed by atoms with Gasteiger partial charge in [-0.25, -0.2) is 0 Å². The molecule has 1 aromatic carbocycles. The van der Waals surface area contributed by atoms with E-state index in [0.717, 1.165) is 31.2 Å². The summed E-state index contributed by atoms with van der Waals surface area (Å²) in [6.45, 7) is 1.42. The zero-order valence-corrected chi connectivity index (χ0v) is 16.7. The quantitative estimate of drug-likeness (QED) is 0.553. The van der Waals surface area contributed by atoms with E-state index in [4.69, 9.17) is 9.47 Å². The van der Waals surface area contributed by atoms with Crippen LogP contribution in [0.15, 0.2) is 18.2 Å². The number of amides is 3. The lowest BCUT2D eigenvalue weighted by Crippen LogP contribution is -2.33. The summed E-state index contributed by atoms with van der Waals surface area (Å²) < 4.78 is 10.2. The lowest BCUT2D eigenvalue weighted by atomic mass is 9.81. The number of benzene rings is 1. The van der Waals surface area contributed by atoms with Crippen LogP contribution in [0, 0.1) is 18.8 Å². The maximum absolute atomic E-state index is 12.4. The van der Waals surface area contributed by atoms with Crippen molar-refractivity contribution in [1.82, 2.24) is 4.90 Å². The first-order valence-corrected chi connectivity index (χ1v) is 9.86. The summed E-state index contributed by atoms with van der Waals surface area (Å²) >= 11 is 0. The fourth-order valence-corrected chi connectivity index (χ4v) is 3.98. The number of esters is 1. The molecule has 3 rings (SSSR count). The minimum atomic E-state index is -0.633. The number of hydrogen-bond acceptors (Lipinski definition) is 6. The number of hydrogen-bond donors (Lipinski definition) is 1. The molecule has 0 unspecified atom stereocenters. The number of rotatable bonds is 7. The van der Waals surface area contributed by atoms with Gasteiger partial charge in [-0.3, -0.25) is 24.1 Å². The smallest absolute Gasteiger partial charge is 0.308 e. The van der Waals surface area contributed by atoms with E-state index in [1.54, 1.807) is 12.1 Å². The molecule has 1 aromatic rings. The first kappa shape index (κ1) is 20.8. The van der Waals surface area contributed by atoms with Gasteiger partial charge < -0.3 is 14.8 Å². The Morgan fingerprint density at radius 1 is 1.14 bits per heavy atom. The van der Waals surface area contributed by atoms with Gasteiger partial charge in [0, 0.05) is 6.54 Å². The Balaban J connectivity index is 1.45. The molecule has 2 fully saturated rings. The lowest BCUT2D eigenvalue weighted by Gasteiger charge is -2.19. The van der Waals surface area contributed by atoms with Crippen LogP contribution in [-0.2, 0) is 23.9 Å². The maximum atomic E-state index is 12.4. The Morgan fingerprint density at radius 3 is 2.41 bits per heavy atom. The molecule has 8 nitrogen and oxygen atoms in total. The fourth-order valence-electron chi connectivity index (χ4n) is 3.98. The number of aryl methyl sites for hydroxylation is 1. The number of fused-ring (bicyclic) bond motifs is 1. The molecule has 29 heavy (non-hydrogen) atoms. The van der Waals surface area contributed by atoms with Crippen molar-refractivity contribution in [2.45, 2.75) is 39.0 Å². The number of imide groups is 1. The van der Waals surface area contributed by atoms with E-state index in [0.29, 0.717) is 11.4 Å². The zero-order valence-electron chi connectivity index (χ0n) is 16.7. The highest BCUT2D eigenvalue weighted by Gasteiger charge is 2.47. The van der Waals surface area contributed by atoms with Crippen molar-refractivity contribution in [1.29, 1.82) is 0 Å². The van der Waals surface area contributed by atoms with Gasteiger partial charge in [0.15, 0.2) is 6.61 Å². The number of carbonyl (C=O) groups is 4. The Morgan fingerprint density at radius 2 is 1.79 bits per heavy atom. The van der Waals surface area contributed by atoms with E-state index >= 15 is 0 Å². The third kappa shape index (κ3) is 4.75. The topological polar surface area (TPSA) is 102 Å². The molecular formula is C21H26N2O6. The summed E-state index contributed by atoms with van der Waals surface area (Å²) in [5.74, 6) is -1.46. The maximum Gasteiger partial charge on any atom is 0.308 e. The number of nitrogens with one attached hydrogen (secondary N) is 1. The molecule has 1 saturated carbocycles. The highest BCUT2D eigenvalue weighted by atomic mass is 16.5. The molecule has 0 bridgehead atoms. The van der Waals surface area contributed by atoms with Crippen molar-refractivity contribution in [3.05, 3.63) is 23.8 Å². The summed E-state index contributed by atoms with van der Waals surface area (Å²) in [7, 11) is 1.50. The summed E-state index contributed by atoms with van der Waals surface area (Å²) in [5.41, 5.74) is 1.43. The Labute approximate surface area is 169 Å². The number of carbonyl (C=O) groups excluding carboxylic acids is 4. The van der Waals surface area contributed by atoms with Crippen molar-refractivity contribution < 1.29 is 28.7 Å². The number of nitrogens with zero attached hydrogens (tertiary/aromatic N) is 1. The van der Waals surface area contributed by atoms with Crippen molar-refractivity contribution >= 4 is 29.4 Å². The molecule has 8 heteroatoms. The Hall–Kier alpha value is -2.90. The molecule has 1 aliphatic carbocycles. The molecule has 1 N–H and O–H groups in total. The van der Waals surface area contributed by atoms with Gasteiger partial charge in [0.05, 0.1) is 31.1 Å². The van der Waals surface area contributed by atoms with Crippen molar-refractivity contribution in [2.24, 2.45) is 11.8 Å². The van der Waals surface area contributed by atoms with E-state index in [2.05, 4.69) is 5.32 Å². The first-order chi connectivity index (χ1) is 13.9. The van der Waals surface area contributed by atoms with E-state index < -0.39 is 18.5 Å². The second kappa shape index (κ2) is 9.07. The summed E-state index contributed by atoms with van der Waals surface area (Å²) in [5, 5.41) is 2.64. The fraction of sp³-hybridized carbons (Fsp3) is 0.524. The predicted molar refractivity (Wildman–Crippen MR) is 104 cm³/mol. The third-order valence-corrected chi connectivity index (χ3v) is 5.47. The van der Waals surface area contributed by atoms with E-state index in [-0.39, 0.29) is 36.6 Å². The van der Waals surface area contributed by atoms with Crippen molar-refractivity contribution in [3.63, 3.8) is 0 Å². The van der Waals surface area contributed by atoms with Gasteiger partial charge in [-0.15, -0.1) is 0 Å². The Kier molecular flexibility index (Phi) is 6.51. The van der Waals surface area contributed by atoms with Gasteiger partial charge in [0.2, 0.25) is 11.8 Å². The number of likely N-dealkylation sites (tertiary alicyclic amines) is 1. The van der Waals surface area contributed by atoms with Gasteiger partial charge in [-0.2, -0.15) is 0 Å². The van der Waals surface area contributed by atoms with Crippen molar-refractivity contribution in [3.8, 4) is 5.75 Å². The summed E-state index contributed by atoms with van der Waals surface area (Å²) in [4.78, 5) is 50.0. The molecule has 3 amide bonds. The average molecular weight is 402 g/mol. The average Bonchev–Trinajstić information content (AvgIpc) is 2.95. The molecule has 0 radical (unpaired) electrons. The lowest BCUT2D eigenvalue weighted by molar-refractivity contribution is -0.148. The van der Waals surface area contributed by atoms with Crippen molar-refractivity contribution in [2.75, 3.05) is 25.6 Å². The van der Waals surface area contributed by atoms with E-state index in [1.165, 1.54) is 12.0 Å². The van der Waals surface area contributed by atoms with Crippen LogP contribution in [0.3, 0.4) is 0 Å². The minimum absolute atomic E-state index is 0.00315. The van der Waals surface area contributed by atoms with Gasteiger partial charge in [-0.05, 0) is 37.5 Å². The van der Waals surface area contributed by atoms with E-state index in [1.807, 2.05) is 13.0 Å². The largest absolute Gasteiger partial charge is 0.495 e. The van der Waals surface area contributed by atoms with Crippen LogP contribution < -0.4 is 10.1 Å². The van der Waals surface area contributed by atoms with Crippen LogP contribution in [0.2, 0.25) is 0 Å². The Bertz CT molecular complexity index is 797. The molecule has 2 atom stereocenters. The molecule has 0 spiro atoms. The van der Waals surface area contributed by atoms with Crippen LogP contribution in [0.25, 0.3) is 0 Å². The zero-order chi connectivity index (χ0) is 21.0. The monoisotopic (exact) mass is 402 g/mol. The standard InChI is InChI=1S/C21H26N2O6/c1-13-7-8-17(28-2)16(11-13)22-18(24)12-29-19(25)9-10-23-20(26)14-5-3-4-6-15(14)21(23)27/h7-8,11,14-15H,3-6,9-10,12H2,1-2H3,(H,22,24)/t14-,15-/m1/s1. The van der Waals surface area contributed by atoms with Crippen LogP contribution in [0.1, 0.15) is 37.7 Å². The summed E-state index contributed by atoms with van der Waals surface area (Å²) in [6.07, 6.45) is 3.25. The molecule has 1 aliphatic heterocycles. The normalized spacial score (nSPS) is 21.0. The number of ether oxygens (including phenoxy) is 2. The molecule has 1 heterocycles.